The van der Waals surface area contributed by atoms with E-state index in [1.165, 1.54) is 17.6 Å². The second kappa shape index (κ2) is 8.30. The molecule has 0 radical (unpaired) electrons. The van der Waals surface area contributed by atoms with Crippen LogP contribution in [0.25, 0.3) is 21.3 Å². The largest absolute Gasteiger partial charge is 0.459 e. The zero-order valence-electron chi connectivity index (χ0n) is 16.5. The molecule has 0 atom stereocenters. The topological polar surface area (TPSA) is 82.4 Å². The molecule has 0 spiro atoms. The molecule has 1 aliphatic heterocycles. The molecular weight excluding hydrogens is 436 g/mol. The number of H-pyrrole nitrogens is 1. The maximum absolute atomic E-state index is 12.8. The summed E-state index contributed by atoms with van der Waals surface area (Å²) in [5.41, 5.74) is 1.66. The number of hydrogen-bond donors (Lipinski definition) is 1. The summed E-state index contributed by atoms with van der Waals surface area (Å²) >= 11 is 7.44. The molecule has 4 heterocycles. The number of aromatic amines is 1. The number of halogens is 1. The Bertz CT molecular complexity index is 1270. The molecule has 0 aliphatic carbocycles. The van der Waals surface area contributed by atoms with Crippen molar-refractivity contribution in [3.05, 3.63) is 75.0 Å². The second-order valence-corrected chi connectivity index (χ2v) is 8.69. The van der Waals surface area contributed by atoms with E-state index < -0.39 is 0 Å². The maximum Gasteiger partial charge on any atom is 0.289 e. The van der Waals surface area contributed by atoms with Crippen LogP contribution in [0, 0.1) is 0 Å². The van der Waals surface area contributed by atoms with Crippen LogP contribution in [-0.4, -0.2) is 51.9 Å². The fourth-order valence-electron chi connectivity index (χ4n) is 3.79. The molecule has 7 nitrogen and oxygen atoms in total. The number of fused-ring (bicyclic) bond motifs is 1. The van der Waals surface area contributed by atoms with E-state index in [4.69, 9.17) is 16.0 Å². The van der Waals surface area contributed by atoms with E-state index in [2.05, 4.69) is 14.9 Å². The number of benzene rings is 1. The molecule has 9 heteroatoms. The van der Waals surface area contributed by atoms with E-state index >= 15 is 0 Å². The quantitative estimate of drug-likeness (QED) is 0.506. The highest BCUT2D eigenvalue weighted by Crippen LogP contribution is 2.31. The zero-order valence-corrected chi connectivity index (χ0v) is 18.1. The fraction of sp³-hybridized carbons (Fsp3) is 0.227. The van der Waals surface area contributed by atoms with Crippen molar-refractivity contribution >= 4 is 39.1 Å². The van der Waals surface area contributed by atoms with Crippen LogP contribution >= 0.6 is 22.9 Å². The van der Waals surface area contributed by atoms with Gasteiger partial charge in [0, 0.05) is 42.1 Å². The molecular formula is C22H19ClN4O3S. The minimum absolute atomic E-state index is 0.0917. The predicted octanol–water partition coefficient (Wildman–Crippen LogP) is 3.86. The van der Waals surface area contributed by atoms with Gasteiger partial charge < -0.3 is 14.3 Å². The summed E-state index contributed by atoms with van der Waals surface area (Å²) in [6, 6.07) is 10.8. The van der Waals surface area contributed by atoms with E-state index in [1.54, 1.807) is 17.0 Å². The summed E-state index contributed by atoms with van der Waals surface area (Å²) < 4.78 is 5.20. The molecule has 0 bridgehead atoms. The first-order chi connectivity index (χ1) is 15.1. The Balaban J connectivity index is 1.30. The Morgan fingerprint density at radius 1 is 1.16 bits per heavy atom. The molecule has 4 aromatic rings. The van der Waals surface area contributed by atoms with Gasteiger partial charge in [-0.3, -0.25) is 14.5 Å². The summed E-state index contributed by atoms with van der Waals surface area (Å²) in [6.45, 7) is 3.14. The van der Waals surface area contributed by atoms with Gasteiger partial charge in [0.2, 0.25) is 0 Å². The fourth-order valence-corrected chi connectivity index (χ4v) is 4.88. The molecule has 1 N–H and O–H groups in total. The number of aromatic nitrogens is 2. The zero-order chi connectivity index (χ0) is 21.4. The number of hydrogen-bond acceptors (Lipinski definition) is 6. The van der Waals surface area contributed by atoms with Crippen molar-refractivity contribution in [2.75, 3.05) is 26.2 Å². The Hall–Kier alpha value is -2.94. The van der Waals surface area contributed by atoms with Crippen LogP contribution in [-0.2, 0) is 6.54 Å². The molecule has 1 aromatic carbocycles. The van der Waals surface area contributed by atoms with Crippen LogP contribution in [0.15, 0.2) is 57.3 Å². The van der Waals surface area contributed by atoms with Gasteiger partial charge in [-0.15, -0.1) is 11.3 Å². The number of nitrogens with zero attached hydrogens (tertiary/aromatic N) is 3. The lowest BCUT2D eigenvalue weighted by Gasteiger charge is -2.33. The third-order valence-corrected chi connectivity index (χ3v) is 6.54. The Labute approximate surface area is 186 Å². The second-order valence-electron chi connectivity index (χ2n) is 7.39. The molecule has 5 rings (SSSR count). The van der Waals surface area contributed by atoms with Gasteiger partial charge in [-0.05, 0) is 29.8 Å². The highest BCUT2D eigenvalue weighted by molar-refractivity contribution is 7.17. The number of amides is 1. The summed E-state index contributed by atoms with van der Waals surface area (Å²) in [7, 11) is 0. The van der Waals surface area contributed by atoms with Crippen LogP contribution in [0.1, 0.15) is 16.4 Å². The summed E-state index contributed by atoms with van der Waals surface area (Å²) in [4.78, 5) is 37.6. The van der Waals surface area contributed by atoms with E-state index in [0.717, 1.165) is 16.0 Å². The summed E-state index contributed by atoms with van der Waals surface area (Å²) in [6.07, 6.45) is 1.50. The highest BCUT2D eigenvalue weighted by atomic mass is 35.5. The number of carbonyl (C=O) groups is 1. The van der Waals surface area contributed by atoms with Crippen LogP contribution in [0.5, 0.6) is 0 Å². The first-order valence-corrected chi connectivity index (χ1v) is 11.2. The minimum atomic E-state index is -0.141. The summed E-state index contributed by atoms with van der Waals surface area (Å²) in [5, 5.41) is 3.22. The normalized spacial score (nSPS) is 14.9. The van der Waals surface area contributed by atoms with Crippen molar-refractivity contribution in [2.45, 2.75) is 6.54 Å². The van der Waals surface area contributed by atoms with Gasteiger partial charge >= 0.3 is 0 Å². The number of furan rings is 1. The maximum atomic E-state index is 12.8. The third-order valence-electron chi connectivity index (χ3n) is 5.41. The van der Waals surface area contributed by atoms with Gasteiger partial charge in [0.1, 0.15) is 10.7 Å². The van der Waals surface area contributed by atoms with Crippen LogP contribution in [0.2, 0.25) is 5.02 Å². The average Bonchev–Trinajstić information content (AvgIpc) is 3.45. The number of nitrogens with one attached hydrogen (secondary N) is 1. The van der Waals surface area contributed by atoms with Gasteiger partial charge in [-0.1, -0.05) is 23.7 Å². The van der Waals surface area contributed by atoms with Crippen molar-refractivity contribution < 1.29 is 9.21 Å². The first-order valence-electron chi connectivity index (χ1n) is 9.90. The monoisotopic (exact) mass is 454 g/mol. The van der Waals surface area contributed by atoms with Crippen molar-refractivity contribution in [2.24, 2.45) is 0 Å². The lowest BCUT2D eigenvalue weighted by atomic mass is 10.1. The third kappa shape index (κ3) is 4.01. The van der Waals surface area contributed by atoms with Crippen LogP contribution < -0.4 is 5.56 Å². The molecule has 1 aliphatic rings. The van der Waals surface area contributed by atoms with Gasteiger partial charge in [0.15, 0.2) is 5.76 Å². The van der Waals surface area contributed by atoms with E-state index in [9.17, 15) is 9.59 Å². The van der Waals surface area contributed by atoms with Crippen LogP contribution in [0.3, 0.4) is 0 Å². The highest BCUT2D eigenvalue weighted by Gasteiger charge is 2.24. The number of carbonyl (C=O) groups excluding carboxylic acids is 1. The first kappa shape index (κ1) is 20.0. The van der Waals surface area contributed by atoms with Gasteiger partial charge in [-0.25, -0.2) is 4.98 Å². The average molecular weight is 455 g/mol. The van der Waals surface area contributed by atoms with Crippen molar-refractivity contribution in [1.29, 1.82) is 0 Å². The number of thiophene rings is 1. The molecule has 158 valence electrons. The van der Waals surface area contributed by atoms with Gasteiger partial charge in [0.25, 0.3) is 11.5 Å². The van der Waals surface area contributed by atoms with Gasteiger partial charge in [-0.2, -0.15) is 0 Å². The lowest BCUT2D eigenvalue weighted by Crippen LogP contribution is -2.48. The van der Waals surface area contributed by atoms with Crippen molar-refractivity contribution in [1.82, 2.24) is 19.8 Å². The molecule has 1 saturated heterocycles. The number of piperazine rings is 1. The Morgan fingerprint density at radius 2 is 1.94 bits per heavy atom. The molecule has 31 heavy (non-hydrogen) atoms. The van der Waals surface area contributed by atoms with E-state index in [1.807, 2.05) is 29.6 Å². The van der Waals surface area contributed by atoms with E-state index in [-0.39, 0.29) is 11.5 Å². The Morgan fingerprint density at radius 3 is 2.65 bits per heavy atom. The minimum Gasteiger partial charge on any atom is -0.459 e. The Kier molecular flexibility index (Phi) is 5.35. The molecule has 3 aromatic heterocycles. The SMILES string of the molecule is O=C(c1ccco1)N1CCN(Cc2nc3scc(-c4ccc(Cl)cc4)c3c(=O)[nH]2)CC1. The van der Waals surface area contributed by atoms with Gasteiger partial charge in [0.05, 0.1) is 18.2 Å². The predicted molar refractivity (Wildman–Crippen MR) is 121 cm³/mol. The lowest BCUT2D eigenvalue weighted by molar-refractivity contribution is 0.0595. The summed E-state index contributed by atoms with van der Waals surface area (Å²) in [5.74, 6) is 0.901. The molecule has 0 unspecified atom stereocenters. The molecule has 1 fully saturated rings. The smallest absolute Gasteiger partial charge is 0.289 e. The van der Waals surface area contributed by atoms with Crippen LogP contribution in [0.4, 0.5) is 0 Å². The van der Waals surface area contributed by atoms with Crippen molar-refractivity contribution in [3.8, 4) is 11.1 Å². The molecule has 1 amide bonds. The molecule has 0 saturated carbocycles. The van der Waals surface area contributed by atoms with Crippen molar-refractivity contribution in [3.63, 3.8) is 0 Å². The standard InChI is InChI=1S/C22H19ClN4O3S/c23-15-5-3-14(4-6-15)16-13-31-21-19(16)20(28)24-18(25-21)12-26-7-9-27(10-8-26)22(29)17-2-1-11-30-17/h1-6,11,13H,7-10,12H2,(H,24,25,28). The van der Waals surface area contributed by atoms with E-state index in [0.29, 0.717) is 54.7 Å². The number of rotatable bonds is 4.